The summed E-state index contributed by atoms with van der Waals surface area (Å²) in [7, 11) is 0. The number of aromatic nitrogens is 2. The molecule has 1 aromatic carbocycles. The Morgan fingerprint density at radius 3 is 2.81 bits per heavy atom. The van der Waals surface area contributed by atoms with E-state index in [0.717, 1.165) is 5.56 Å². The highest BCUT2D eigenvalue weighted by Crippen LogP contribution is 2.26. The third-order valence-corrected chi connectivity index (χ3v) is 2.40. The summed E-state index contributed by atoms with van der Waals surface area (Å²) in [5.41, 5.74) is 6.39. The van der Waals surface area contributed by atoms with Gasteiger partial charge in [-0.15, -0.1) is 10.2 Å². The van der Waals surface area contributed by atoms with E-state index in [-0.39, 0.29) is 6.04 Å². The van der Waals surface area contributed by atoms with Crippen molar-refractivity contribution in [3.8, 4) is 11.5 Å². The molecule has 84 valence electrons. The van der Waals surface area contributed by atoms with Gasteiger partial charge in [0.1, 0.15) is 0 Å². The maximum atomic E-state index is 6.02. The van der Waals surface area contributed by atoms with E-state index in [0.29, 0.717) is 23.2 Å². The number of benzene rings is 1. The van der Waals surface area contributed by atoms with Crippen LogP contribution < -0.4 is 5.73 Å². The molecule has 2 aromatic rings. The fraction of sp³-hybridized carbons (Fsp3) is 0.273. The van der Waals surface area contributed by atoms with Gasteiger partial charge in [-0.2, -0.15) is 0 Å². The second-order valence-electron chi connectivity index (χ2n) is 3.66. The summed E-state index contributed by atoms with van der Waals surface area (Å²) in [5.74, 6) is 0.964. The van der Waals surface area contributed by atoms with Gasteiger partial charge in [0.25, 0.3) is 0 Å². The normalized spacial score (nSPS) is 12.7. The minimum absolute atomic E-state index is 0.000421. The first-order chi connectivity index (χ1) is 7.66. The Kier molecular flexibility index (Phi) is 3.22. The van der Waals surface area contributed by atoms with Gasteiger partial charge in [0.15, 0.2) is 0 Å². The Bertz CT molecular complexity index is 482. The van der Waals surface area contributed by atoms with Crippen LogP contribution in [0.25, 0.3) is 11.5 Å². The molecule has 0 aliphatic rings. The van der Waals surface area contributed by atoms with Crippen molar-refractivity contribution in [3.63, 3.8) is 0 Å². The Morgan fingerprint density at radius 1 is 1.38 bits per heavy atom. The second kappa shape index (κ2) is 4.63. The molecule has 0 radical (unpaired) electrons. The van der Waals surface area contributed by atoms with Crippen LogP contribution in [0.2, 0.25) is 5.02 Å². The molecule has 0 amide bonds. The second-order valence-corrected chi connectivity index (χ2v) is 4.07. The predicted octanol–water partition coefficient (Wildman–Crippen LogP) is 2.28. The first-order valence-electron chi connectivity index (χ1n) is 4.99. The molecule has 1 atom stereocenters. The summed E-state index contributed by atoms with van der Waals surface area (Å²) in [4.78, 5) is 0. The number of hydrogen-bond donors (Lipinski definition) is 1. The van der Waals surface area contributed by atoms with Crippen molar-refractivity contribution in [3.05, 3.63) is 35.2 Å². The largest absolute Gasteiger partial charge is 0.421 e. The van der Waals surface area contributed by atoms with E-state index in [1.165, 1.54) is 0 Å². The third kappa shape index (κ3) is 2.40. The molecule has 5 heteroatoms. The zero-order valence-corrected chi connectivity index (χ0v) is 9.61. The van der Waals surface area contributed by atoms with Gasteiger partial charge < -0.3 is 10.2 Å². The highest BCUT2D eigenvalue weighted by molar-refractivity contribution is 6.33. The Hall–Kier alpha value is -1.39. The van der Waals surface area contributed by atoms with Gasteiger partial charge in [-0.3, -0.25) is 0 Å². The van der Waals surface area contributed by atoms with Crippen molar-refractivity contribution in [2.45, 2.75) is 19.4 Å². The maximum Gasteiger partial charge on any atom is 0.249 e. The first-order valence-corrected chi connectivity index (χ1v) is 5.37. The summed E-state index contributed by atoms with van der Waals surface area (Å²) in [6, 6.07) is 7.35. The Balaban J connectivity index is 2.28. The predicted molar refractivity (Wildman–Crippen MR) is 62.1 cm³/mol. The minimum Gasteiger partial charge on any atom is -0.421 e. The molecule has 1 aromatic heterocycles. The number of hydrogen-bond acceptors (Lipinski definition) is 4. The molecule has 0 aliphatic heterocycles. The summed E-state index contributed by atoms with van der Waals surface area (Å²) >= 11 is 6.02. The van der Waals surface area contributed by atoms with Crippen molar-refractivity contribution in [2.24, 2.45) is 5.73 Å². The van der Waals surface area contributed by atoms with E-state index in [4.69, 9.17) is 21.8 Å². The molecule has 1 unspecified atom stereocenters. The van der Waals surface area contributed by atoms with Crippen molar-refractivity contribution in [1.82, 2.24) is 10.2 Å². The van der Waals surface area contributed by atoms with E-state index in [1.54, 1.807) is 6.07 Å². The van der Waals surface area contributed by atoms with E-state index < -0.39 is 0 Å². The lowest BCUT2D eigenvalue weighted by Crippen LogP contribution is -2.17. The van der Waals surface area contributed by atoms with Crippen molar-refractivity contribution in [1.29, 1.82) is 0 Å². The molecular formula is C11H12ClN3O. The molecule has 0 spiro atoms. The third-order valence-electron chi connectivity index (χ3n) is 2.07. The molecule has 0 bridgehead atoms. The van der Waals surface area contributed by atoms with Crippen LogP contribution >= 0.6 is 11.6 Å². The first kappa shape index (κ1) is 11.1. The highest BCUT2D eigenvalue weighted by atomic mass is 35.5. The SMILES string of the molecule is CC(N)Cc1nnc(-c2ccccc2Cl)o1. The molecule has 0 fully saturated rings. The average Bonchev–Trinajstić information content (AvgIpc) is 2.66. The summed E-state index contributed by atoms with van der Waals surface area (Å²) in [5, 5.41) is 8.46. The number of rotatable bonds is 3. The molecule has 2 N–H and O–H groups in total. The lowest BCUT2D eigenvalue weighted by Gasteiger charge is -1.99. The van der Waals surface area contributed by atoms with Gasteiger partial charge in [-0.25, -0.2) is 0 Å². The van der Waals surface area contributed by atoms with Gasteiger partial charge >= 0.3 is 0 Å². The molecule has 4 nitrogen and oxygen atoms in total. The zero-order valence-electron chi connectivity index (χ0n) is 8.85. The summed E-state index contributed by atoms with van der Waals surface area (Å²) < 4.78 is 5.47. The maximum absolute atomic E-state index is 6.02. The van der Waals surface area contributed by atoms with Gasteiger partial charge in [0.2, 0.25) is 11.8 Å². The van der Waals surface area contributed by atoms with Gasteiger partial charge in [-0.1, -0.05) is 23.7 Å². The number of nitrogens with zero attached hydrogens (tertiary/aromatic N) is 2. The van der Waals surface area contributed by atoms with Crippen LogP contribution in [0, 0.1) is 0 Å². The minimum atomic E-state index is -0.000421. The topological polar surface area (TPSA) is 64.9 Å². The Morgan fingerprint density at radius 2 is 2.12 bits per heavy atom. The van der Waals surface area contributed by atoms with Crippen LogP contribution in [0.15, 0.2) is 28.7 Å². The number of halogens is 1. The molecular weight excluding hydrogens is 226 g/mol. The number of nitrogens with two attached hydrogens (primary N) is 1. The Labute approximate surface area is 98.4 Å². The molecule has 16 heavy (non-hydrogen) atoms. The van der Waals surface area contributed by atoms with Crippen LogP contribution in [0.1, 0.15) is 12.8 Å². The lowest BCUT2D eigenvalue weighted by molar-refractivity contribution is 0.487. The fourth-order valence-electron chi connectivity index (χ4n) is 1.36. The molecule has 0 saturated carbocycles. The van der Waals surface area contributed by atoms with Crippen molar-refractivity contribution in [2.75, 3.05) is 0 Å². The van der Waals surface area contributed by atoms with Gasteiger partial charge in [0, 0.05) is 12.5 Å². The summed E-state index contributed by atoms with van der Waals surface area (Å²) in [6.07, 6.45) is 0.567. The van der Waals surface area contributed by atoms with E-state index >= 15 is 0 Å². The zero-order chi connectivity index (χ0) is 11.5. The van der Waals surface area contributed by atoms with Crippen LogP contribution in [0.5, 0.6) is 0 Å². The van der Waals surface area contributed by atoms with Gasteiger partial charge in [-0.05, 0) is 19.1 Å². The van der Waals surface area contributed by atoms with Crippen LogP contribution in [0.3, 0.4) is 0 Å². The lowest BCUT2D eigenvalue weighted by atomic mass is 10.2. The van der Waals surface area contributed by atoms with Crippen molar-refractivity contribution >= 4 is 11.6 Å². The summed E-state index contributed by atoms with van der Waals surface area (Å²) in [6.45, 7) is 1.89. The molecule has 0 saturated heterocycles. The fourth-order valence-corrected chi connectivity index (χ4v) is 1.57. The van der Waals surface area contributed by atoms with Gasteiger partial charge in [0.05, 0.1) is 10.6 Å². The van der Waals surface area contributed by atoms with Crippen LogP contribution in [-0.2, 0) is 6.42 Å². The standard InChI is InChI=1S/C11H12ClN3O/c1-7(13)6-10-14-15-11(16-10)8-4-2-3-5-9(8)12/h2-5,7H,6,13H2,1H3. The van der Waals surface area contributed by atoms with Crippen LogP contribution in [-0.4, -0.2) is 16.2 Å². The van der Waals surface area contributed by atoms with Crippen LogP contribution in [0.4, 0.5) is 0 Å². The van der Waals surface area contributed by atoms with E-state index in [2.05, 4.69) is 10.2 Å². The molecule has 0 aliphatic carbocycles. The monoisotopic (exact) mass is 237 g/mol. The molecule has 2 rings (SSSR count). The smallest absolute Gasteiger partial charge is 0.249 e. The quantitative estimate of drug-likeness (QED) is 0.890. The molecule has 1 heterocycles. The van der Waals surface area contributed by atoms with Crippen molar-refractivity contribution < 1.29 is 4.42 Å². The van der Waals surface area contributed by atoms with E-state index in [9.17, 15) is 0 Å². The highest BCUT2D eigenvalue weighted by Gasteiger charge is 2.12. The van der Waals surface area contributed by atoms with E-state index in [1.807, 2.05) is 25.1 Å². The average molecular weight is 238 g/mol.